The summed E-state index contributed by atoms with van der Waals surface area (Å²) in [5.74, 6) is -3.08. The Morgan fingerprint density at radius 1 is 1.10 bits per heavy atom. The number of carbonyl (C=O) groups excluding carboxylic acids is 4. The van der Waals surface area contributed by atoms with Crippen LogP contribution in [0.1, 0.15) is 46.5 Å². The fourth-order valence-corrected chi connectivity index (χ4v) is 3.13. The number of carboxylic acid groups (broad SMARTS) is 1. The Morgan fingerprint density at radius 2 is 1.73 bits per heavy atom. The van der Waals surface area contributed by atoms with Gasteiger partial charge in [-0.05, 0) is 53.1 Å². The number of allylic oxidation sites excluding steroid dienone is 1. The number of amides is 3. The lowest BCUT2D eigenvalue weighted by molar-refractivity contribution is -0.144. The van der Waals surface area contributed by atoms with E-state index in [1.54, 1.807) is 6.92 Å². The van der Waals surface area contributed by atoms with Crippen LogP contribution in [-0.4, -0.2) is 77.7 Å². The smallest absolute Gasteiger partial charge is 0.333 e. The molecule has 0 aromatic heterocycles. The van der Waals surface area contributed by atoms with Crippen LogP contribution < -0.4 is 16.0 Å². The standard InChI is InChI=1S/C20H32N4O6/c1-5-13(17(26)23-15(11-25)20(29)30)21-18(27)14(9-8-12(2)3)22-19(28)16-7-6-10-24(16)4/h8,11,13-16H,5-7,9-10H2,1-4H3,(H,21,27)(H,22,28)(H,23,26)(H,29,30)/t13-,14-,15-,16-/m0/s1. The lowest BCUT2D eigenvalue weighted by Crippen LogP contribution is -2.57. The Labute approximate surface area is 176 Å². The normalized spacial score (nSPS) is 19.1. The third kappa shape index (κ3) is 7.58. The number of hydrogen-bond donors (Lipinski definition) is 4. The molecule has 0 aliphatic carbocycles. The molecule has 0 bridgehead atoms. The van der Waals surface area contributed by atoms with E-state index in [0.717, 1.165) is 18.5 Å². The van der Waals surface area contributed by atoms with Gasteiger partial charge in [-0.2, -0.15) is 0 Å². The predicted octanol–water partition coefficient (Wildman–Crippen LogP) is -0.415. The van der Waals surface area contributed by atoms with E-state index in [0.29, 0.717) is 6.42 Å². The monoisotopic (exact) mass is 424 g/mol. The summed E-state index contributed by atoms with van der Waals surface area (Å²) in [7, 11) is 1.85. The molecule has 1 fully saturated rings. The number of nitrogens with one attached hydrogen (secondary N) is 3. The molecule has 4 N–H and O–H groups in total. The van der Waals surface area contributed by atoms with Crippen molar-refractivity contribution in [2.24, 2.45) is 0 Å². The maximum absolute atomic E-state index is 12.8. The largest absolute Gasteiger partial charge is 0.479 e. The van der Waals surface area contributed by atoms with Crippen LogP contribution in [0.15, 0.2) is 11.6 Å². The Kier molecular flexibility index (Phi) is 10.2. The van der Waals surface area contributed by atoms with E-state index in [1.807, 2.05) is 31.9 Å². The van der Waals surface area contributed by atoms with Crippen molar-refractivity contribution in [2.75, 3.05) is 13.6 Å². The Morgan fingerprint density at radius 3 is 2.20 bits per heavy atom. The van der Waals surface area contributed by atoms with Gasteiger partial charge in [-0.1, -0.05) is 18.6 Å². The van der Waals surface area contributed by atoms with Crippen molar-refractivity contribution in [1.82, 2.24) is 20.9 Å². The third-order valence-electron chi connectivity index (χ3n) is 4.96. The molecule has 1 aliphatic rings. The van der Waals surface area contributed by atoms with E-state index < -0.39 is 35.9 Å². The zero-order chi connectivity index (χ0) is 22.8. The Balaban J connectivity index is 2.86. The zero-order valence-electron chi connectivity index (χ0n) is 17.9. The van der Waals surface area contributed by atoms with Crippen molar-refractivity contribution in [3.63, 3.8) is 0 Å². The molecule has 30 heavy (non-hydrogen) atoms. The van der Waals surface area contributed by atoms with Gasteiger partial charge in [-0.15, -0.1) is 0 Å². The first-order chi connectivity index (χ1) is 14.1. The number of nitrogens with zero attached hydrogens (tertiary/aromatic N) is 1. The number of likely N-dealkylation sites (tertiary alicyclic amines) is 1. The van der Waals surface area contributed by atoms with Gasteiger partial charge in [-0.25, -0.2) is 4.79 Å². The van der Waals surface area contributed by atoms with Gasteiger partial charge in [0.05, 0.1) is 6.04 Å². The number of hydrogen-bond acceptors (Lipinski definition) is 6. The summed E-state index contributed by atoms with van der Waals surface area (Å²) in [6.45, 7) is 6.19. The maximum Gasteiger partial charge on any atom is 0.333 e. The molecule has 1 saturated heterocycles. The summed E-state index contributed by atoms with van der Waals surface area (Å²) in [4.78, 5) is 61.4. The molecule has 10 nitrogen and oxygen atoms in total. The topological polar surface area (TPSA) is 145 Å². The average molecular weight is 424 g/mol. The SMILES string of the molecule is CC[C@H](NC(=O)[C@H](CC=C(C)C)NC(=O)[C@@H]1CCCN1C)C(=O)N[C@@H](C=O)C(=O)O. The van der Waals surface area contributed by atoms with E-state index in [9.17, 15) is 24.0 Å². The first kappa shape index (κ1) is 25.3. The minimum atomic E-state index is -1.69. The number of likely N-dealkylation sites (N-methyl/N-ethyl adjacent to an activating group) is 1. The summed E-state index contributed by atoms with van der Waals surface area (Å²) >= 11 is 0. The van der Waals surface area contributed by atoms with Crippen molar-refractivity contribution >= 4 is 30.0 Å². The van der Waals surface area contributed by atoms with E-state index in [1.165, 1.54) is 0 Å². The van der Waals surface area contributed by atoms with Gasteiger partial charge >= 0.3 is 5.97 Å². The second-order valence-electron chi connectivity index (χ2n) is 7.65. The summed E-state index contributed by atoms with van der Waals surface area (Å²) < 4.78 is 0. The zero-order valence-corrected chi connectivity index (χ0v) is 17.9. The summed E-state index contributed by atoms with van der Waals surface area (Å²) in [6, 6.07) is -3.92. The predicted molar refractivity (Wildman–Crippen MR) is 109 cm³/mol. The number of carboxylic acids is 1. The molecular formula is C20H32N4O6. The van der Waals surface area contributed by atoms with E-state index in [4.69, 9.17) is 5.11 Å². The molecule has 1 rings (SSSR count). The Hall–Kier alpha value is -2.75. The van der Waals surface area contributed by atoms with Crippen molar-refractivity contribution in [3.8, 4) is 0 Å². The summed E-state index contributed by atoms with van der Waals surface area (Å²) in [5.41, 5.74) is 0.972. The second kappa shape index (κ2) is 12.1. The van der Waals surface area contributed by atoms with Gasteiger partial charge in [0.1, 0.15) is 12.1 Å². The minimum absolute atomic E-state index is 0.102. The second-order valence-corrected chi connectivity index (χ2v) is 7.65. The highest BCUT2D eigenvalue weighted by molar-refractivity contribution is 5.98. The van der Waals surface area contributed by atoms with E-state index in [2.05, 4.69) is 16.0 Å². The summed E-state index contributed by atoms with van der Waals surface area (Å²) in [6.07, 6.45) is 3.96. The fraction of sp³-hybridized carbons (Fsp3) is 0.650. The molecule has 10 heteroatoms. The number of aldehydes is 1. The maximum atomic E-state index is 12.8. The highest BCUT2D eigenvalue weighted by Gasteiger charge is 2.32. The molecule has 0 unspecified atom stereocenters. The Bertz CT molecular complexity index is 689. The molecule has 0 radical (unpaired) electrons. The first-order valence-corrected chi connectivity index (χ1v) is 10.0. The van der Waals surface area contributed by atoms with E-state index >= 15 is 0 Å². The number of carbonyl (C=O) groups is 5. The molecule has 1 heterocycles. The minimum Gasteiger partial charge on any atom is -0.479 e. The van der Waals surface area contributed by atoms with Gasteiger partial charge in [0, 0.05) is 0 Å². The quantitative estimate of drug-likeness (QED) is 0.200. The fourth-order valence-electron chi connectivity index (χ4n) is 3.13. The molecule has 1 aliphatic heterocycles. The van der Waals surface area contributed by atoms with Crippen molar-refractivity contribution in [1.29, 1.82) is 0 Å². The molecule has 0 spiro atoms. The summed E-state index contributed by atoms with van der Waals surface area (Å²) in [5, 5.41) is 16.3. The molecule has 4 atom stereocenters. The van der Waals surface area contributed by atoms with Gasteiger partial charge in [0.15, 0.2) is 12.3 Å². The van der Waals surface area contributed by atoms with Crippen LogP contribution in [0.2, 0.25) is 0 Å². The van der Waals surface area contributed by atoms with Crippen LogP contribution >= 0.6 is 0 Å². The lowest BCUT2D eigenvalue weighted by atomic mass is 10.1. The van der Waals surface area contributed by atoms with Gasteiger partial charge < -0.3 is 25.9 Å². The van der Waals surface area contributed by atoms with Crippen LogP contribution in [0.3, 0.4) is 0 Å². The third-order valence-corrected chi connectivity index (χ3v) is 4.96. The van der Waals surface area contributed by atoms with Gasteiger partial charge in [0.25, 0.3) is 0 Å². The van der Waals surface area contributed by atoms with Crippen LogP contribution in [0.5, 0.6) is 0 Å². The molecule has 3 amide bonds. The van der Waals surface area contributed by atoms with Crippen molar-refractivity contribution < 1.29 is 29.1 Å². The van der Waals surface area contributed by atoms with Crippen molar-refractivity contribution in [2.45, 2.75) is 70.6 Å². The average Bonchev–Trinajstić information content (AvgIpc) is 3.12. The lowest BCUT2D eigenvalue weighted by Gasteiger charge is -2.25. The first-order valence-electron chi connectivity index (χ1n) is 10.0. The molecule has 0 aromatic carbocycles. The van der Waals surface area contributed by atoms with E-state index in [-0.39, 0.29) is 31.1 Å². The van der Waals surface area contributed by atoms with Crippen LogP contribution in [-0.2, 0) is 24.0 Å². The molecule has 168 valence electrons. The highest BCUT2D eigenvalue weighted by Crippen LogP contribution is 2.15. The van der Waals surface area contributed by atoms with Crippen LogP contribution in [0.25, 0.3) is 0 Å². The number of aliphatic carboxylic acids is 1. The molecular weight excluding hydrogens is 392 g/mol. The molecule has 0 saturated carbocycles. The van der Waals surface area contributed by atoms with Crippen LogP contribution in [0, 0.1) is 0 Å². The van der Waals surface area contributed by atoms with Crippen molar-refractivity contribution in [3.05, 3.63) is 11.6 Å². The van der Waals surface area contributed by atoms with Crippen LogP contribution in [0.4, 0.5) is 0 Å². The number of rotatable bonds is 11. The van der Waals surface area contributed by atoms with Gasteiger partial charge in [0.2, 0.25) is 17.7 Å². The highest BCUT2D eigenvalue weighted by atomic mass is 16.4. The molecule has 0 aromatic rings. The van der Waals surface area contributed by atoms with Gasteiger partial charge in [-0.3, -0.25) is 19.3 Å².